The maximum absolute atomic E-state index is 12.8. The molecule has 2 heterocycles. The van der Waals surface area contributed by atoms with Crippen LogP contribution in [0.4, 0.5) is 0 Å². The van der Waals surface area contributed by atoms with Crippen LogP contribution in [0.15, 0.2) is 24.3 Å². The summed E-state index contributed by atoms with van der Waals surface area (Å²) in [4.78, 5) is 28.9. The highest BCUT2D eigenvalue weighted by molar-refractivity contribution is 5.77. The Morgan fingerprint density at radius 3 is 2.59 bits per heavy atom. The number of hydrogen-bond acceptors (Lipinski definition) is 3. The van der Waals surface area contributed by atoms with E-state index < -0.39 is 0 Å². The van der Waals surface area contributed by atoms with Gasteiger partial charge in [0, 0.05) is 51.6 Å². The Bertz CT molecular complexity index is 682. The lowest BCUT2D eigenvalue weighted by molar-refractivity contribution is -0.134. The van der Waals surface area contributed by atoms with Crippen molar-refractivity contribution < 1.29 is 9.59 Å². The molecule has 0 saturated carbocycles. The van der Waals surface area contributed by atoms with E-state index in [1.807, 2.05) is 0 Å². The van der Waals surface area contributed by atoms with Crippen LogP contribution in [-0.4, -0.2) is 60.4 Å². The molecule has 2 amide bonds. The van der Waals surface area contributed by atoms with Gasteiger partial charge < -0.3 is 10.2 Å². The maximum atomic E-state index is 12.8. The molecule has 27 heavy (non-hydrogen) atoms. The molecule has 146 valence electrons. The maximum Gasteiger partial charge on any atom is 0.222 e. The van der Waals surface area contributed by atoms with Gasteiger partial charge in [-0.2, -0.15) is 0 Å². The molecule has 3 aliphatic rings. The zero-order chi connectivity index (χ0) is 18.6. The Kier molecular flexibility index (Phi) is 5.77. The van der Waals surface area contributed by atoms with Crippen LogP contribution in [0.5, 0.6) is 0 Å². The number of aryl methyl sites for hydroxylation is 1. The number of carbonyl (C=O) groups is 2. The zero-order valence-electron chi connectivity index (χ0n) is 16.2. The Hall–Kier alpha value is -1.88. The quantitative estimate of drug-likeness (QED) is 0.887. The molecule has 1 aliphatic carbocycles. The van der Waals surface area contributed by atoms with E-state index in [2.05, 4.69) is 39.4 Å². The van der Waals surface area contributed by atoms with Gasteiger partial charge in [0.05, 0.1) is 0 Å². The number of fused-ring (bicyclic) bond motifs is 1. The van der Waals surface area contributed by atoms with Crippen molar-refractivity contribution in [1.29, 1.82) is 0 Å². The molecule has 2 aliphatic heterocycles. The molecule has 2 fully saturated rings. The molecule has 1 aromatic carbocycles. The van der Waals surface area contributed by atoms with E-state index in [1.54, 1.807) is 0 Å². The van der Waals surface area contributed by atoms with Crippen molar-refractivity contribution in [3.8, 4) is 0 Å². The smallest absolute Gasteiger partial charge is 0.222 e. The first-order valence-electron chi connectivity index (χ1n) is 10.5. The average molecular weight is 370 g/mol. The second kappa shape index (κ2) is 8.42. The fourth-order valence-corrected chi connectivity index (χ4v) is 4.93. The number of nitrogens with zero attached hydrogens (tertiary/aromatic N) is 2. The highest BCUT2D eigenvalue weighted by atomic mass is 16.2. The summed E-state index contributed by atoms with van der Waals surface area (Å²) in [5.41, 5.74) is 2.90. The second-order valence-electron chi connectivity index (χ2n) is 8.33. The summed E-state index contributed by atoms with van der Waals surface area (Å²) in [6.07, 6.45) is 6.58. The molecule has 2 saturated heterocycles. The van der Waals surface area contributed by atoms with E-state index in [4.69, 9.17) is 0 Å². The minimum Gasteiger partial charge on any atom is -0.356 e. The third kappa shape index (κ3) is 4.52. The first kappa shape index (κ1) is 18.5. The first-order valence-corrected chi connectivity index (χ1v) is 10.5. The third-order valence-corrected chi connectivity index (χ3v) is 6.60. The zero-order valence-corrected chi connectivity index (χ0v) is 16.2. The molecule has 4 rings (SSSR count). The number of hydrogen-bond donors (Lipinski definition) is 1. The van der Waals surface area contributed by atoms with Gasteiger partial charge in [0.1, 0.15) is 0 Å². The Morgan fingerprint density at radius 2 is 1.78 bits per heavy atom. The summed E-state index contributed by atoms with van der Waals surface area (Å²) < 4.78 is 0. The third-order valence-electron chi connectivity index (χ3n) is 6.60. The molecule has 2 unspecified atom stereocenters. The molecule has 2 atom stereocenters. The van der Waals surface area contributed by atoms with Crippen LogP contribution in [0.2, 0.25) is 0 Å². The predicted octanol–water partition coefficient (Wildman–Crippen LogP) is 1.99. The number of benzene rings is 1. The van der Waals surface area contributed by atoms with Crippen molar-refractivity contribution in [2.75, 3.05) is 32.7 Å². The van der Waals surface area contributed by atoms with Gasteiger partial charge in [-0.25, -0.2) is 0 Å². The number of nitrogens with one attached hydrogen (secondary N) is 1. The van der Waals surface area contributed by atoms with Gasteiger partial charge in [0.25, 0.3) is 0 Å². The van der Waals surface area contributed by atoms with E-state index in [9.17, 15) is 9.59 Å². The fraction of sp³-hybridized carbons (Fsp3) is 0.636. The number of rotatable bonds is 3. The van der Waals surface area contributed by atoms with Crippen LogP contribution in [0.1, 0.15) is 43.2 Å². The molecule has 5 heteroatoms. The summed E-state index contributed by atoms with van der Waals surface area (Å²) in [6.45, 7) is 4.34. The van der Waals surface area contributed by atoms with Crippen LogP contribution in [0, 0.1) is 5.92 Å². The van der Waals surface area contributed by atoms with Gasteiger partial charge in [0.15, 0.2) is 0 Å². The van der Waals surface area contributed by atoms with E-state index >= 15 is 0 Å². The first-order chi connectivity index (χ1) is 13.2. The van der Waals surface area contributed by atoms with Crippen molar-refractivity contribution in [2.24, 2.45) is 5.92 Å². The molecule has 0 bridgehead atoms. The highest BCUT2D eigenvalue weighted by Gasteiger charge is 2.29. The summed E-state index contributed by atoms with van der Waals surface area (Å²) in [5.74, 6) is 1.00. The van der Waals surface area contributed by atoms with Gasteiger partial charge >= 0.3 is 0 Å². The molecule has 0 aromatic heterocycles. The van der Waals surface area contributed by atoms with Gasteiger partial charge in [-0.05, 0) is 49.1 Å². The topological polar surface area (TPSA) is 52.7 Å². The van der Waals surface area contributed by atoms with Crippen molar-refractivity contribution in [1.82, 2.24) is 15.1 Å². The van der Waals surface area contributed by atoms with Crippen molar-refractivity contribution >= 4 is 11.8 Å². The summed E-state index contributed by atoms with van der Waals surface area (Å²) in [6, 6.07) is 9.15. The van der Waals surface area contributed by atoms with Crippen LogP contribution in [0.3, 0.4) is 0 Å². The molecular formula is C22H31N3O2. The Balaban J connectivity index is 1.25. The Morgan fingerprint density at radius 1 is 1.00 bits per heavy atom. The number of carbonyl (C=O) groups excluding carboxylic acids is 2. The van der Waals surface area contributed by atoms with Gasteiger partial charge in [-0.3, -0.25) is 14.5 Å². The van der Waals surface area contributed by atoms with Crippen LogP contribution < -0.4 is 5.32 Å². The van der Waals surface area contributed by atoms with Crippen LogP contribution in [0.25, 0.3) is 0 Å². The van der Waals surface area contributed by atoms with Crippen molar-refractivity contribution in [3.63, 3.8) is 0 Å². The van der Waals surface area contributed by atoms with Gasteiger partial charge in [-0.15, -0.1) is 0 Å². The molecular weight excluding hydrogens is 338 g/mol. The lowest BCUT2D eigenvalue weighted by atomic mass is 9.82. The largest absolute Gasteiger partial charge is 0.356 e. The number of amides is 2. The monoisotopic (exact) mass is 369 g/mol. The molecule has 1 N–H and O–H groups in total. The SMILES string of the molecule is O=C1CCC(N2CCN(C(=O)CC3CCc4ccccc4C3)CC2)CCN1. The van der Waals surface area contributed by atoms with E-state index in [0.717, 1.165) is 64.8 Å². The molecule has 1 aromatic rings. The van der Waals surface area contributed by atoms with Crippen LogP contribution >= 0.6 is 0 Å². The predicted molar refractivity (Wildman–Crippen MR) is 105 cm³/mol. The summed E-state index contributed by atoms with van der Waals surface area (Å²) >= 11 is 0. The highest BCUT2D eigenvalue weighted by Crippen LogP contribution is 2.28. The van der Waals surface area contributed by atoms with Crippen molar-refractivity contribution in [3.05, 3.63) is 35.4 Å². The molecule has 0 radical (unpaired) electrons. The van der Waals surface area contributed by atoms with E-state index in [0.29, 0.717) is 30.7 Å². The van der Waals surface area contributed by atoms with Gasteiger partial charge in [0.2, 0.25) is 11.8 Å². The average Bonchev–Trinajstić information content (AvgIpc) is 2.92. The van der Waals surface area contributed by atoms with Gasteiger partial charge in [-0.1, -0.05) is 24.3 Å². The summed E-state index contributed by atoms with van der Waals surface area (Å²) in [5, 5.41) is 2.96. The standard InChI is InChI=1S/C22H31N3O2/c26-21-8-7-20(9-10-23-21)24-11-13-25(14-12-24)22(27)16-17-5-6-18-3-1-2-4-19(18)15-17/h1-4,17,20H,5-16H2,(H,23,26). The van der Waals surface area contributed by atoms with E-state index in [-0.39, 0.29) is 5.91 Å². The number of piperazine rings is 1. The normalized spacial score (nSPS) is 26.8. The lowest BCUT2D eigenvalue weighted by Crippen LogP contribution is -2.52. The van der Waals surface area contributed by atoms with Crippen molar-refractivity contribution in [2.45, 2.75) is 51.0 Å². The summed E-state index contributed by atoms with van der Waals surface area (Å²) in [7, 11) is 0. The lowest BCUT2D eigenvalue weighted by Gasteiger charge is -2.39. The fourth-order valence-electron chi connectivity index (χ4n) is 4.93. The van der Waals surface area contributed by atoms with E-state index in [1.165, 1.54) is 11.1 Å². The van der Waals surface area contributed by atoms with Crippen LogP contribution in [-0.2, 0) is 22.4 Å². The minimum absolute atomic E-state index is 0.181. The molecule has 0 spiro atoms. The Labute approximate surface area is 162 Å². The minimum atomic E-state index is 0.181. The molecule has 5 nitrogen and oxygen atoms in total. The second-order valence-corrected chi connectivity index (χ2v) is 8.33.